The summed E-state index contributed by atoms with van der Waals surface area (Å²) in [5.74, 6) is -0.242. The number of phenols is 1. The summed E-state index contributed by atoms with van der Waals surface area (Å²) in [6, 6.07) is 4.38. The summed E-state index contributed by atoms with van der Waals surface area (Å²) in [6.45, 7) is -1.61. The monoisotopic (exact) mass is 187 g/mol. The minimum atomic E-state index is -3.39. The minimum absolute atomic E-state index is 0.0841. The average Bonchev–Trinajstić information content (AvgIpc) is 2.30. The van der Waals surface area contributed by atoms with Crippen molar-refractivity contribution in [3.63, 3.8) is 0 Å². The fourth-order valence-corrected chi connectivity index (χ4v) is 1.01. The molecule has 0 amide bonds. The third kappa shape index (κ3) is 3.10. The topological polar surface area (TPSA) is 20.2 Å². The van der Waals surface area contributed by atoms with E-state index in [9.17, 15) is 5.11 Å². The minimum Gasteiger partial charge on any atom is -0.508 e. The van der Waals surface area contributed by atoms with Crippen LogP contribution < -0.4 is 0 Å². The van der Waals surface area contributed by atoms with Gasteiger partial charge in [-0.25, -0.2) is 0 Å². The third-order valence-corrected chi connectivity index (χ3v) is 1.67. The molecule has 0 spiro atoms. The molecule has 0 atom stereocenters. The maximum atomic E-state index is 9.79. The molecule has 0 aliphatic heterocycles. The van der Waals surface area contributed by atoms with Crippen LogP contribution in [-0.4, -0.2) is 5.11 Å². The number of phenolic OH excluding ortho intramolecular Hbond substituents is 1. The van der Waals surface area contributed by atoms with E-state index in [0.717, 1.165) is 5.56 Å². The van der Waals surface area contributed by atoms with E-state index in [1.165, 1.54) is 12.1 Å². The van der Waals surface area contributed by atoms with Gasteiger partial charge in [0.05, 0.1) is 0 Å². The normalized spacial score (nSPS) is 24.8. The van der Waals surface area contributed by atoms with Crippen LogP contribution in [0.5, 0.6) is 5.75 Å². The largest absolute Gasteiger partial charge is 0.508 e. The van der Waals surface area contributed by atoms with Crippen molar-refractivity contribution in [3.8, 4) is 5.75 Å². The highest BCUT2D eigenvalue weighted by atomic mass is 16.3. The predicted octanol–water partition coefficient (Wildman–Crippen LogP) is 3.43. The van der Waals surface area contributed by atoms with Crippen LogP contribution in [0.2, 0.25) is 0 Å². The van der Waals surface area contributed by atoms with Crippen LogP contribution in [-0.2, 0) is 6.42 Å². The summed E-state index contributed by atoms with van der Waals surface area (Å²) in [5, 5.41) is 9.79. The Morgan fingerprint density at radius 1 is 1.46 bits per heavy atom. The van der Waals surface area contributed by atoms with Crippen molar-refractivity contribution in [2.24, 2.45) is 0 Å². The van der Waals surface area contributed by atoms with Gasteiger partial charge in [0.1, 0.15) is 5.75 Å². The first-order valence-electron chi connectivity index (χ1n) is 8.42. The fourth-order valence-electron chi connectivity index (χ4n) is 1.01. The lowest BCUT2D eigenvalue weighted by atomic mass is 10.0. The smallest absolute Gasteiger partial charge is 0.119 e. The van der Waals surface area contributed by atoms with Gasteiger partial charge in [-0.2, -0.15) is 0 Å². The summed E-state index contributed by atoms with van der Waals surface area (Å²) >= 11 is 0. The first kappa shape index (κ1) is 3.30. The summed E-state index contributed by atoms with van der Waals surface area (Å²) in [4.78, 5) is 0. The number of aryl methyl sites for hydroxylation is 2. The van der Waals surface area contributed by atoms with Crippen molar-refractivity contribution in [3.05, 3.63) is 29.3 Å². The molecule has 1 aromatic rings. The van der Waals surface area contributed by atoms with Gasteiger partial charge in [-0.3, -0.25) is 0 Å². The summed E-state index contributed by atoms with van der Waals surface area (Å²) in [7, 11) is 0. The van der Waals surface area contributed by atoms with Gasteiger partial charge >= 0.3 is 0 Å². The molecule has 0 saturated heterocycles. The molecule has 1 rings (SSSR count). The molecule has 1 nitrogen and oxygen atoms in total. The zero-order valence-corrected chi connectivity index (χ0v) is 7.39. The molecule has 0 radical (unpaired) electrons. The highest BCUT2D eigenvalue weighted by Crippen LogP contribution is 2.20. The van der Waals surface area contributed by atoms with Crippen LogP contribution in [0, 0.1) is 6.92 Å². The highest BCUT2D eigenvalue weighted by Gasteiger charge is 1.99. The Labute approximate surface area is 93.1 Å². The number of rotatable bonds is 4. The second-order valence-electron chi connectivity index (χ2n) is 2.74. The zero-order valence-electron chi connectivity index (χ0n) is 16.4. The van der Waals surface area contributed by atoms with Crippen molar-refractivity contribution in [2.75, 3.05) is 0 Å². The van der Waals surface area contributed by atoms with E-state index in [2.05, 4.69) is 0 Å². The third-order valence-electron chi connectivity index (χ3n) is 1.67. The standard InChI is InChI=1S/C12H18O/c1-3-4-5-6-11-8-7-10(2)9-12(11)13/h7-9,13H,3-6H2,1-2H3/i1D3,3D2,4D2,5D2. The van der Waals surface area contributed by atoms with Gasteiger partial charge < -0.3 is 5.11 Å². The molecule has 0 unspecified atom stereocenters. The Hall–Kier alpha value is -0.980. The van der Waals surface area contributed by atoms with Gasteiger partial charge in [0.2, 0.25) is 0 Å². The molecular formula is C12H18O. The fraction of sp³-hybridized carbons (Fsp3) is 0.500. The Bertz CT molecular complexity index is 548. The summed E-state index contributed by atoms with van der Waals surface area (Å²) < 4.78 is 67.5. The van der Waals surface area contributed by atoms with Crippen LogP contribution in [0.3, 0.4) is 0 Å². The van der Waals surface area contributed by atoms with Crippen LogP contribution in [0.4, 0.5) is 0 Å². The van der Waals surface area contributed by atoms with E-state index in [4.69, 9.17) is 12.3 Å². The van der Waals surface area contributed by atoms with E-state index >= 15 is 0 Å². The highest BCUT2D eigenvalue weighted by molar-refractivity contribution is 5.35. The number of benzene rings is 1. The molecule has 1 aromatic carbocycles. The number of hydrogen-bond donors (Lipinski definition) is 1. The van der Waals surface area contributed by atoms with Crippen molar-refractivity contribution in [1.29, 1.82) is 0 Å². The average molecular weight is 187 g/mol. The molecule has 0 aromatic heterocycles. The lowest BCUT2D eigenvalue weighted by molar-refractivity contribution is 0.466. The van der Waals surface area contributed by atoms with E-state index in [1.807, 2.05) is 0 Å². The second kappa shape index (κ2) is 4.90. The van der Waals surface area contributed by atoms with Crippen LogP contribution in [0.1, 0.15) is 49.4 Å². The Kier molecular flexibility index (Phi) is 1.25. The van der Waals surface area contributed by atoms with Crippen molar-refractivity contribution >= 4 is 0 Å². The van der Waals surface area contributed by atoms with Gasteiger partial charge in [0, 0.05) is 12.3 Å². The lowest BCUT2D eigenvalue weighted by Gasteiger charge is -2.04. The van der Waals surface area contributed by atoms with Gasteiger partial charge in [-0.05, 0) is 36.9 Å². The Morgan fingerprint density at radius 3 is 3.00 bits per heavy atom. The molecule has 0 aliphatic rings. The number of aromatic hydroxyl groups is 1. The van der Waals surface area contributed by atoms with Crippen LogP contribution in [0.15, 0.2) is 18.2 Å². The second-order valence-corrected chi connectivity index (χ2v) is 2.74. The Balaban J connectivity index is 3.22. The molecule has 0 fully saturated rings. The SMILES string of the molecule is [2H]C([2H])([2H])C([2H])([2H])C([2H])([2H])C([2H])([2H])Cc1ccc(C)cc1O. The molecule has 0 saturated carbocycles. The maximum absolute atomic E-state index is 9.79. The number of hydrogen-bond acceptors (Lipinski definition) is 1. The van der Waals surface area contributed by atoms with Gasteiger partial charge in [0.15, 0.2) is 0 Å². The molecule has 0 aliphatic carbocycles. The first-order chi connectivity index (χ1) is 9.63. The van der Waals surface area contributed by atoms with Crippen LogP contribution >= 0.6 is 0 Å². The van der Waals surface area contributed by atoms with Crippen molar-refractivity contribution in [1.82, 2.24) is 0 Å². The van der Waals surface area contributed by atoms with E-state index < -0.39 is 32.4 Å². The van der Waals surface area contributed by atoms with Gasteiger partial charge in [0.25, 0.3) is 0 Å². The summed E-state index contributed by atoms with van der Waals surface area (Å²) in [5.41, 5.74) is 0.809. The van der Waals surface area contributed by atoms with E-state index in [1.54, 1.807) is 13.0 Å². The maximum Gasteiger partial charge on any atom is 0.119 e. The molecule has 0 heterocycles. The molecule has 13 heavy (non-hydrogen) atoms. The van der Waals surface area contributed by atoms with Gasteiger partial charge in [-0.1, -0.05) is 31.7 Å². The molecule has 1 N–H and O–H groups in total. The molecule has 0 bridgehead atoms. The molecular weight excluding hydrogens is 160 g/mol. The van der Waals surface area contributed by atoms with Crippen molar-refractivity contribution < 1.29 is 17.4 Å². The van der Waals surface area contributed by atoms with Gasteiger partial charge in [-0.15, -0.1) is 0 Å². The van der Waals surface area contributed by atoms with E-state index in [0.29, 0.717) is 0 Å². The van der Waals surface area contributed by atoms with Crippen LogP contribution in [0.25, 0.3) is 0 Å². The summed E-state index contributed by atoms with van der Waals surface area (Å²) in [6.07, 6.45) is -10.2. The van der Waals surface area contributed by atoms with Crippen molar-refractivity contribution in [2.45, 2.75) is 39.3 Å². The predicted molar refractivity (Wildman–Crippen MR) is 56.1 cm³/mol. The van der Waals surface area contributed by atoms with E-state index in [-0.39, 0.29) is 11.3 Å². The molecule has 72 valence electrons. The molecule has 1 heteroatoms. The Morgan fingerprint density at radius 2 is 2.31 bits per heavy atom. The lowest BCUT2D eigenvalue weighted by Crippen LogP contribution is -1.86. The zero-order chi connectivity index (χ0) is 17.6. The first-order valence-corrected chi connectivity index (χ1v) is 3.92. The quantitative estimate of drug-likeness (QED) is 0.765.